The number of rotatable bonds is 5. The van der Waals surface area contributed by atoms with Gasteiger partial charge in [-0.25, -0.2) is 0 Å². The van der Waals surface area contributed by atoms with Crippen LogP contribution < -0.4 is 10.2 Å². The van der Waals surface area contributed by atoms with Crippen molar-refractivity contribution >= 4 is 35.2 Å². The zero-order valence-corrected chi connectivity index (χ0v) is 26.9. The van der Waals surface area contributed by atoms with Crippen LogP contribution in [-0.2, 0) is 34.3 Å². The lowest BCUT2D eigenvalue weighted by Gasteiger charge is -2.37. The van der Waals surface area contributed by atoms with Gasteiger partial charge >= 0.3 is 0 Å². The Hall–Kier alpha value is -4.22. The van der Waals surface area contributed by atoms with Gasteiger partial charge in [0, 0.05) is 75.2 Å². The van der Waals surface area contributed by atoms with Crippen LogP contribution in [0.15, 0.2) is 24.3 Å². The molecule has 2 aliphatic heterocycles. The molecule has 1 aliphatic carbocycles. The normalized spacial score (nSPS) is 20.3. The predicted molar refractivity (Wildman–Crippen MR) is 169 cm³/mol. The topological polar surface area (TPSA) is 128 Å². The van der Waals surface area contributed by atoms with Crippen molar-refractivity contribution in [1.82, 2.24) is 29.8 Å². The summed E-state index contributed by atoms with van der Waals surface area (Å²) in [6, 6.07) is 6.89. The molecule has 242 valence electrons. The number of hydrogen-bond donors (Lipinski definition) is 1. The zero-order valence-electron chi connectivity index (χ0n) is 26.9. The van der Waals surface area contributed by atoms with Crippen molar-refractivity contribution in [3.05, 3.63) is 46.8 Å². The molecular formula is C33H45N7O5. The Morgan fingerprint density at radius 3 is 2.56 bits per heavy atom. The molecule has 45 heavy (non-hydrogen) atoms. The van der Waals surface area contributed by atoms with Gasteiger partial charge in [-0.15, -0.1) is 0 Å². The van der Waals surface area contributed by atoms with Crippen LogP contribution >= 0.6 is 0 Å². The van der Waals surface area contributed by atoms with E-state index < -0.39 is 0 Å². The molecule has 1 atom stereocenters. The summed E-state index contributed by atoms with van der Waals surface area (Å²) in [5, 5.41) is 7.39. The number of amides is 5. The summed E-state index contributed by atoms with van der Waals surface area (Å²) in [6.45, 7) is 5.72. The SMILES string of the molecule is CC(C)CCN1C(=O)CN(C(=O)c2cccc(N3CCCC3=O)c2)CCCNC(=O)CN(C)C(=O)c2nn(C)c3c2CC1CC3. The Labute approximate surface area is 264 Å². The highest BCUT2D eigenvalue weighted by Gasteiger charge is 2.35. The summed E-state index contributed by atoms with van der Waals surface area (Å²) in [6.07, 6.45) is 4.37. The number of aromatic nitrogens is 2. The molecule has 0 radical (unpaired) electrons. The van der Waals surface area contributed by atoms with Crippen molar-refractivity contribution < 1.29 is 24.0 Å². The molecule has 1 aromatic carbocycles. The third kappa shape index (κ3) is 7.20. The van der Waals surface area contributed by atoms with Gasteiger partial charge in [0.25, 0.3) is 11.8 Å². The second-order valence-electron chi connectivity index (χ2n) is 12.9. The van der Waals surface area contributed by atoms with Gasteiger partial charge in [-0.1, -0.05) is 19.9 Å². The molecule has 3 aliphatic rings. The molecule has 0 saturated carbocycles. The summed E-state index contributed by atoms with van der Waals surface area (Å²) < 4.78 is 1.74. The predicted octanol–water partition coefficient (Wildman–Crippen LogP) is 2.01. The van der Waals surface area contributed by atoms with Crippen molar-refractivity contribution in [2.24, 2.45) is 13.0 Å². The summed E-state index contributed by atoms with van der Waals surface area (Å²) in [5.74, 6) is -0.649. The van der Waals surface area contributed by atoms with Crippen LogP contribution in [0.25, 0.3) is 0 Å². The minimum Gasteiger partial charge on any atom is -0.354 e. The van der Waals surface area contributed by atoms with Crippen LogP contribution in [0.2, 0.25) is 0 Å². The highest BCUT2D eigenvalue weighted by atomic mass is 16.2. The van der Waals surface area contributed by atoms with Crippen molar-refractivity contribution in [2.45, 2.75) is 64.8 Å². The summed E-state index contributed by atoms with van der Waals surface area (Å²) >= 11 is 0. The largest absolute Gasteiger partial charge is 0.354 e. The van der Waals surface area contributed by atoms with Crippen molar-refractivity contribution in [3.63, 3.8) is 0 Å². The number of benzene rings is 1. The number of carbonyl (C=O) groups excluding carboxylic acids is 5. The van der Waals surface area contributed by atoms with Crippen LogP contribution in [0.1, 0.15) is 78.1 Å². The summed E-state index contributed by atoms with van der Waals surface area (Å²) in [5.41, 5.74) is 3.21. The van der Waals surface area contributed by atoms with Crippen molar-refractivity contribution in [3.8, 4) is 0 Å². The van der Waals surface area contributed by atoms with Crippen LogP contribution in [0, 0.1) is 5.92 Å². The first-order valence-electron chi connectivity index (χ1n) is 16.1. The molecule has 12 heteroatoms. The molecule has 0 spiro atoms. The molecule has 2 aromatic rings. The number of hydrogen-bond acceptors (Lipinski definition) is 6. The first kappa shape index (κ1) is 32.2. The van der Waals surface area contributed by atoms with Gasteiger partial charge in [-0.3, -0.25) is 28.7 Å². The van der Waals surface area contributed by atoms with Gasteiger partial charge in [-0.05, 0) is 62.6 Å². The Kier molecular flexibility index (Phi) is 9.89. The minimum atomic E-state index is -0.315. The van der Waals surface area contributed by atoms with Crippen molar-refractivity contribution in [2.75, 3.05) is 51.2 Å². The van der Waals surface area contributed by atoms with E-state index in [1.807, 2.05) is 18.0 Å². The highest BCUT2D eigenvalue weighted by molar-refractivity contribution is 6.00. The first-order valence-corrected chi connectivity index (χ1v) is 16.1. The number of aryl methyl sites for hydroxylation is 1. The fraction of sp³-hybridized carbons (Fsp3) is 0.576. The quantitative estimate of drug-likeness (QED) is 0.546. The Morgan fingerprint density at radius 2 is 1.82 bits per heavy atom. The van der Waals surface area contributed by atoms with E-state index in [2.05, 4.69) is 24.3 Å². The molecule has 1 unspecified atom stereocenters. The monoisotopic (exact) mass is 619 g/mol. The second kappa shape index (κ2) is 13.8. The average molecular weight is 620 g/mol. The fourth-order valence-corrected chi connectivity index (χ4v) is 6.56. The lowest BCUT2D eigenvalue weighted by molar-refractivity contribution is -0.134. The molecule has 1 aromatic heterocycles. The second-order valence-corrected chi connectivity index (χ2v) is 12.9. The number of likely N-dealkylation sites (N-methyl/N-ethyl adjacent to an activating group) is 1. The zero-order chi connectivity index (χ0) is 32.2. The first-order chi connectivity index (χ1) is 21.5. The van der Waals surface area contributed by atoms with E-state index in [1.165, 1.54) is 4.90 Å². The molecule has 2 bridgehead atoms. The van der Waals surface area contributed by atoms with Gasteiger partial charge in [0.2, 0.25) is 17.7 Å². The van der Waals surface area contributed by atoms with E-state index in [0.717, 1.165) is 30.5 Å². The van der Waals surface area contributed by atoms with E-state index >= 15 is 0 Å². The maximum atomic E-state index is 14.2. The van der Waals surface area contributed by atoms with E-state index in [-0.39, 0.29) is 61.8 Å². The van der Waals surface area contributed by atoms with E-state index in [4.69, 9.17) is 0 Å². The fourth-order valence-electron chi connectivity index (χ4n) is 6.56. The van der Waals surface area contributed by atoms with Crippen LogP contribution in [0.3, 0.4) is 0 Å². The number of anilines is 1. The maximum Gasteiger partial charge on any atom is 0.274 e. The van der Waals surface area contributed by atoms with Crippen LogP contribution in [0.4, 0.5) is 5.69 Å². The van der Waals surface area contributed by atoms with Crippen molar-refractivity contribution in [1.29, 1.82) is 0 Å². The molecular weight excluding hydrogens is 574 g/mol. The molecule has 5 rings (SSSR count). The Morgan fingerprint density at radius 1 is 1.02 bits per heavy atom. The van der Waals surface area contributed by atoms with Crippen LogP contribution in [-0.4, -0.2) is 106 Å². The molecule has 1 saturated heterocycles. The number of nitrogens with one attached hydrogen (secondary N) is 1. The minimum absolute atomic E-state index is 0.0380. The lowest BCUT2D eigenvalue weighted by Crippen LogP contribution is -2.50. The molecule has 3 heterocycles. The Bertz CT molecular complexity index is 1470. The smallest absolute Gasteiger partial charge is 0.274 e. The van der Waals surface area contributed by atoms with Gasteiger partial charge in [0.15, 0.2) is 5.69 Å². The van der Waals surface area contributed by atoms with Gasteiger partial charge < -0.3 is 24.9 Å². The number of nitrogens with zero attached hydrogens (tertiary/aromatic N) is 6. The van der Waals surface area contributed by atoms with E-state index in [1.54, 1.807) is 39.7 Å². The lowest BCUT2D eigenvalue weighted by atomic mass is 9.89. The van der Waals surface area contributed by atoms with Crippen LogP contribution in [0.5, 0.6) is 0 Å². The molecule has 1 fully saturated rings. The third-order valence-electron chi connectivity index (χ3n) is 9.09. The molecule has 12 nitrogen and oxygen atoms in total. The van der Waals surface area contributed by atoms with E-state index in [0.29, 0.717) is 61.6 Å². The Balaban J connectivity index is 1.46. The maximum absolute atomic E-state index is 14.2. The molecule has 1 N–H and O–H groups in total. The summed E-state index contributed by atoms with van der Waals surface area (Å²) in [4.78, 5) is 73.2. The molecule has 5 amide bonds. The standard InChI is InChI=1S/C33H45N7O5/c1-22(2)13-17-40-25-11-12-27-26(19-25)31(35-37(27)4)33(45)36(3)20-28(41)34-14-7-15-38(21-30(40)43)32(44)23-8-5-9-24(18-23)39-16-6-10-29(39)42/h5,8-9,18,22,25H,6-7,10-17,19-21H2,1-4H3,(H,34,41). The van der Waals surface area contributed by atoms with E-state index in [9.17, 15) is 24.0 Å². The average Bonchev–Trinajstić information content (AvgIpc) is 3.59. The number of fused-ring (bicyclic) bond motifs is 1. The van der Waals surface area contributed by atoms with Gasteiger partial charge in [-0.2, -0.15) is 5.10 Å². The highest BCUT2D eigenvalue weighted by Crippen LogP contribution is 2.29. The number of carbonyl (C=O) groups is 5. The summed E-state index contributed by atoms with van der Waals surface area (Å²) in [7, 11) is 3.42. The van der Waals surface area contributed by atoms with Gasteiger partial charge in [0.05, 0.1) is 6.54 Å². The third-order valence-corrected chi connectivity index (χ3v) is 9.09. The van der Waals surface area contributed by atoms with Gasteiger partial charge in [0.1, 0.15) is 6.54 Å².